The highest BCUT2D eigenvalue weighted by Gasteiger charge is 2.58. The van der Waals surface area contributed by atoms with E-state index in [1.807, 2.05) is 0 Å². The fourth-order valence-electron chi connectivity index (χ4n) is 8.77. The molecule has 30 atom stereocenters. The SMILES string of the molecule is CC(=O)N[C@H]1C(O)O[C@H](CO)[C@@H](O[C@@H]2O[C@H](CO[C@H]3O[C@H](CO)[C@@H](O)[C@H](O)[C@@H]3O)[C@@H](O)[C@H](O[C@H]3O[C@H](CO)[C@@H](O)[C@H](O)[C@@H]3O[C@H]3O[C@H](CO)[C@@H](O)[C@H](O)[C@@H]3O[C@H]3O[C@H](CO)[C@@H](O)[C@H](O)[C@@H]3O)[C@@H]2O)[C@@H]1O. The summed E-state index contributed by atoms with van der Waals surface area (Å²) in [6, 6.07) is -1.62. The molecule has 6 rings (SSSR count). The molecule has 0 aromatic heterocycles. The zero-order valence-electron chi connectivity index (χ0n) is 37.0. The molecule has 0 saturated carbocycles. The maximum atomic E-state index is 12.0. The zero-order valence-corrected chi connectivity index (χ0v) is 37.0. The third kappa shape index (κ3) is 12.0. The van der Waals surface area contributed by atoms with Crippen molar-refractivity contribution in [3.05, 3.63) is 0 Å². The second-order valence-corrected chi connectivity index (χ2v) is 17.5. The van der Waals surface area contributed by atoms with E-state index in [9.17, 15) is 102 Å². The Morgan fingerprint density at radius 2 is 0.743 bits per heavy atom. The van der Waals surface area contributed by atoms with Gasteiger partial charge < -0.3 is 154 Å². The van der Waals surface area contributed by atoms with E-state index in [4.69, 9.17) is 52.1 Å². The molecule has 1 amide bonds. The summed E-state index contributed by atoms with van der Waals surface area (Å²) in [5.74, 6) is -0.760. The molecule has 6 aliphatic heterocycles. The fraction of sp³-hybridized carbons (Fsp3) is 0.974. The van der Waals surface area contributed by atoms with Crippen LogP contribution in [0.25, 0.3) is 0 Å². The average Bonchev–Trinajstić information content (AvgIpc) is 3.33. The first-order chi connectivity index (χ1) is 33.1. The third-order valence-electron chi connectivity index (χ3n) is 12.8. The predicted octanol–water partition coefficient (Wildman–Crippen LogP) is -14.0. The molecule has 32 heteroatoms. The van der Waals surface area contributed by atoms with Gasteiger partial charge in [0.25, 0.3) is 0 Å². The summed E-state index contributed by atoms with van der Waals surface area (Å²) in [6.45, 7) is -4.70. The van der Waals surface area contributed by atoms with Crippen LogP contribution in [0.15, 0.2) is 0 Å². The molecule has 6 fully saturated rings. The average molecular weight is 1030 g/mol. The van der Waals surface area contributed by atoms with E-state index in [-0.39, 0.29) is 0 Å². The number of amides is 1. The minimum absolute atomic E-state index is 0.760. The monoisotopic (exact) mass is 1030 g/mol. The van der Waals surface area contributed by atoms with Gasteiger partial charge in [-0.3, -0.25) is 4.79 Å². The molecule has 32 nitrogen and oxygen atoms in total. The highest BCUT2D eigenvalue weighted by molar-refractivity contribution is 5.73. The number of aliphatic hydroxyl groups is 19. The van der Waals surface area contributed by atoms with Gasteiger partial charge in [0.05, 0.1) is 39.6 Å². The lowest BCUT2D eigenvalue weighted by molar-refractivity contribution is -0.407. The van der Waals surface area contributed by atoms with Crippen LogP contribution in [-0.4, -0.2) is 327 Å². The highest BCUT2D eigenvalue weighted by atomic mass is 16.8. The summed E-state index contributed by atoms with van der Waals surface area (Å²) < 4.78 is 62.4. The van der Waals surface area contributed by atoms with Gasteiger partial charge in [-0.1, -0.05) is 0 Å². The lowest BCUT2D eigenvalue weighted by atomic mass is 9.95. The summed E-state index contributed by atoms with van der Waals surface area (Å²) in [5, 5.41) is 205. The van der Waals surface area contributed by atoms with E-state index in [1.54, 1.807) is 0 Å². The van der Waals surface area contributed by atoms with Crippen molar-refractivity contribution < 1.29 is 154 Å². The second kappa shape index (κ2) is 24.7. The van der Waals surface area contributed by atoms with Gasteiger partial charge in [0.15, 0.2) is 37.7 Å². The molecule has 0 radical (unpaired) electrons. The van der Waals surface area contributed by atoms with Crippen LogP contribution in [0.2, 0.25) is 0 Å². The lowest BCUT2D eigenvalue weighted by Gasteiger charge is -2.50. The first-order valence-corrected chi connectivity index (χ1v) is 22.1. The van der Waals surface area contributed by atoms with Gasteiger partial charge >= 0.3 is 0 Å². The van der Waals surface area contributed by atoms with E-state index in [1.165, 1.54) is 0 Å². The van der Waals surface area contributed by atoms with Crippen molar-refractivity contribution in [1.82, 2.24) is 5.32 Å². The Balaban J connectivity index is 1.32. The van der Waals surface area contributed by atoms with Crippen molar-refractivity contribution in [2.45, 2.75) is 191 Å². The quantitative estimate of drug-likeness (QED) is 0.0643. The molecular weight excluding hydrogens is 966 g/mol. The number of hydrogen-bond donors (Lipinski definition) is 20. The number of aliphatic hydroxyl groups excluding tert-OH is 19. The maximum Gasteiger partial charge on any atom is 0.217 e. The Labute approximate surface area is 395 Å². The van der Waals surface area contributed by atoms with E-state index >= 15 is 0 Å². The largest absolute Gasteiger partial charge is 0.394 e. The van der Waals surface area contributed by atoms with Crippen LogP contribution in [-0.2, 0) is 56.9 Å². The van der Waals surface area contributed by atoms with Crippen LogP contribution in [0.1, 0.15) is 6.92 Å². The first-order valence-electron chi connectivity index (χ1n) is 22.1. The van der Waals surface area contributed by atoms with Crippen molar-refractivity contribution in [3.63, 3.8) is 0 Å². The number of nitrogens with one attached hydrogen (secondary N) is 1. The number of carbonyl (C=O) groups excluding carboxylic acids is 1. The molecular formula is C38H65NO31. The molecule has 1 unspecified atom stereocenters. The van der Waals surface area contributed by atoms with Crippen molar-refractivity contribution in [2.75, 3.05) is 39.6 Å². The number of rotatable bonds is 17. The Morgan fingerprint density at radius 1 is 0.371 bits per heavy atom. The van der Waals surface area contributed by atoms with E-state index in [0.717, 1.165) is 6.92 Å². The molecule has 408 valence electrons. The Kier molecular flexibility index (Phi) is 20.3. The molecule has 0 aliphatic carbocycles. The van der Waals surface area contributed by atoms with Crippen LogP contribution >= 0.6 is 0 Å². The molecule has 6 aliphatic rings. The minimum atomic E-state index is -2.30. The minimum Gasteiger partial charge on any atom is -0.394 e. The summed E-state index contributed by atoms with van der Waals surface area (Å²) >= 11 is 0. The number of carbonyl (C=O) groups is 1. The molecule has 0 bridgehead atoms. The smallest absolute Gasteiger partial charge is 0.217 e. The van der Waals surface area contributed by atoms with Gasteiger partial charge in [-0.05, 0) is 0 Å². The summed E-state index contributed by atoms with van der Waals surface area (Å²) in [5.41, 5.74) is 0. The zero-order chi connectivity index (χ0) is 51.6. The second-order valence-electron chi connectivity index (χ2n) is 17.5. The van der Waals surface area contributed by atoms with E-state index < -0.39 is 230 Å². The molecule has 6 heterocycles. The van der Waals surface area contributed by atoms with Gasteiger partial charge in [0, 0.05) is 6.92 Å². The highest BCUT2D eigenvalue weighted by Crippen LogP contribution is 2.37. The van der Waals surface area contributed by atoms with Crippen molar-refractivity contribution in [2.24, 2.45) is 0 Å². The summed E-state index contributed by atoms with van der Waals surface area (Å²) in [7, 11) is 0. The Bertz CT molecular complexity index is 1630. The predicted molar refractivity (Wildman–Crippen MR) is 211 cm³/mol. The van der Waals surface area contributed by atoms with Crippen LogP contribution in [0.3, 0.4) is 0 Å². The molecule has 70 heavy (non-hydrogen) atoms. The maximum absolute atomic E-state index is 12.0. The molecule has 0 spiro atoms. The van der Waals surface area contributed by atoms with Gasteiger partial charge in [-0.15, -0.1) is 0 Å². The van der Waals surface area contributed by atoms with Crippen LogP contribution in [0.4, 0.5) is 0 Å². The molecule has 0 aromatic carbocycles. The number of hydrogen-bond acceptors (Lipinski definition) is 31. The molecule has 6 saturated heterocycles. The van der Waals surface area contributed by atoms with Gasteiger partial charge in [0.2, 0.25) is 5.91 Å². The van der Waals surface area contributed by atoms with E-state index in [2.05, 4.69) is 5.32 Å². The van der Waals surface area contributed by atoms with Gasteiger partial charge in [-0.2, -0.15) is 0 Å². The van der Waals surface area contributed by atoms with Crippen LogP contribution in [0.5, 0.6) is 0 Å². The van der Waals surface area contributed by atoms with Crippen LogP contribution in [0, 0.1) is 0 Å². The normalized spacial score (nSPS) is 51.5. The first kappa shape index (κ1) is 57.5. The van der Waals surface area contributed by atoms with Crippen molar-refractivity contribution in [3.8, 4) is 0 Å². The summed E-state index contributed by atoms with van der Waals surface area (Å²) in [4.78, 5) is 12.0. The summed E-state index contributed by atoms with van der Waals surface area (Å²) in [6.07, 6.45) is -57.2. The fourth-order valence-corrected chi connectivity index (χ4v) is 8.77. The Hall–Kier alpha value is -1.73. The van der Waals surface area contributed by atoms with Crippen LogP contribution < -0.4 is 5.32 Å². The molecule has 20 N–H and O–H groups in total. The molecule has 0 aromatic rings. The van der Waals surface area contributed by atoms with E-state index in [0.29, 0.717) is 0 Å². The van der Waals surface area contributed by atoms with Crippen molar-refractivity contribution in [1.29, 1.82) is 0 Å². The lowest BCUT2D eigenvalue weighted by Crippen LogP contribution is -2.69. The van der Waals surface area contributed by atoms with Gasteiger partial charge in [-0.25, -0.2) is 0 Å². The topological polar surface area (TPSA) is 515 Å². The Morgan fingerprint density at radius 3 is 1.21 bits per heavy atom. The third-order valence-corrected chi connectivity index (χ3v) is 12.8. The van der Waals surface area contributed by atoms with Gasteiger partial charge in [0.1, 0.15) is 146 Å². The van der Waals surface area contributed by atoms with Crippen molar-refractivity contribution >= 4 is 5.91 Å². The standard InChI is InChI=1S/C38H65NO31/c1-8(45)39-15-21(51)29(13(6-44)61-33(15)59)67-36-28(58)30(20(50)14(66-36)7-60-34-26(56)22(52)16(46)9(2-40)62-34)68-37-32(25(55)19(49)11(4-42)64-37)70-38-31(24(54)18(48)12(5-43)65-38)69-35-27(57)23(53)17(47)10(3-41)63-35/h9-38,40-44,46-59H,2-7H2,1H3,(H,39,45)/t9-,10-,11-,12-,13-,14-,15-,16-,17-,18-,19-,20-,21-,22+,23+,24+,25+,26+,27+,28+,29-,30+,31+,32+,33?,34+,35-,36+,37-,38-/m1/s1. The number of ether oxygens (including phenoxy) is 11.